The summed E-state index contributed by atoms with van der Waals surface area (Å²) in [5.41, 5.74) is 0. The molecule has 212 valence electrons. The molecule has 0 radical (unpaired) electrons. The van der Waals surface area contributed by atoms with E-state index in [2.05, 4.69) is 72.8 Å². The Kier molecular flexibility index (Phi) is 9.66. The van der Waals surface area contributed by atoms with Crippen molar-refractivity contribution in [3.05, 3.63) is 158 Å². The van der Waals surface area contributed by atoms with Gasteiger partial charge in [0.25, 0.3) is 0 Å². The summed E-state index contributed by atoms with van der Waals surface area (Å²) >= 11 is 6.68. The topological polar surface area (TPSA) is 34.1 Å². The molecule has 0 atom stereocenters. The molecule has 7 heteroatoms. The van der Waals surface area contributed by atoms with Gasteiger partial charge in [0.15, 0.2) is 0 Å². The lowest BCUT2D eigenvalue weighted by Gasteiger charge is -2.08. The molecule has 2 nitrogen and oxygen atoms in total. The molecule has 0 saturated carbocycles. The second-order valence-electron chi connectivity index (χ2n) is 9.42. The monoisotopic (exact) mass is 650 g/mol. The van der Waals surface area contributed by atoms with Crippen molar-refractivity contribution < 1.29 is 8.42 Å². The average Bonchev–Trinajstić information content (AvgIpc) is 3.04. The third-order valence-corrected chi connectivity index (χ3v) is 12.2. The minimum atomic E-state index is -3.61. The molecule has 0 saturated heterocycles. The van der Waals surface area contributed by atoms with Crippen molar-refractivity contribution >= 4 is 56.9 Å². The second-order valence-corrected chi connectivity index (χ2v) is 16.0. The minimum Gasteiger partial charge on any atom is -0.219 e. The number of sulfone groups is 1. The summed E-state index contributed by atoms with van der Waals surface area (Å²) in [6.45, 7) is 0. The van der Waals surface area contributed by atoms with E-state index in [1.54, 1.807) is 71.3 Å². The van der Waals surface area contributed by atoms with Crippen molar-refractivity contribution in [3.8, 4) is 0 Å². The highest BCUT2D eigenvalue weighted by molar-refractivity contribution is 8.00. The van der Waals surface area contributed by atoms with E-state index >= 15 is 0 Å². The van der Waals surface area contributed by atoms with Crippen LogP contribution in [0.3, 0.4) is 0 Å². The molecule has 6 rings (SSSR count). The van der Waals surface area contributed by atoms with E-state index in [4.69, 9.17) is 0 Å². The zero-order valence-corrected chi connectivity index (χ0v) is 27.0. The fourth-order valence-electron chi connectivity index (χ4n) is 4.18. The Balaban J connectivity index is 1.06. The Morgan fingerprint density at radius 1 is 0.279 bits per heavy atom. The van der Waals surface area contributed by atoms with Gasteiger partial charge in [-0.25, -0.2) is 8.42 Å². The Labute approximate surface area is 270 Å². The summed E-state index contributed by atoms with van der Waals surface area (Å²) in [6.07, 6.45) is 0. The van der Waals surface area contributed by atoms with Crippen molar-refractivity contribution in [1.29, 1.82) is 0 Å². The highest BCUT2D eigenvalue weighted by Crippen LogP contribution is 2.35. The second kappa shape index (κ2) is 14.0. The van der Waals surface area contributed by atoms with Gasteiger partial charge in [-0.1, -0.05) is 83.4 Å². The standard InChI is InChI=1S/C36H26O2S5/c37-43(38,35-23-19-33(20-24-35)41-31-15-11-29(12-16-31)39-27-7-3-1-4-8-27)36-25-21-34(22-26-36)42-32-17-13-30(14-18-32)40-28-9-5-2-6-10-28/h1-26H. The third-order valence-electron chi connectivity index (χ3n) is 6.34. The van der Waals surface area contributed by atoms with E-state index in [-0.39, 0.29) is 0 Å². The largest absolute Gasteiger partial charge is 0.219 e. The maximum absolute atomic E-state index is 13.3. The van der Waals surface area contributed by atoms with Crippen molar-refractivity contribution in [3.63, 3.8) is 0 Å². The molecular weight excluding hydrogens is 625 g/mol. The predicted octanol–water partition coefficient (Wildman–Crippen LogP) is 11.1. The van der Waals surface area contributed by atoms with Crippen molar-refractivity contribution in [2.75, 3.05) is 0 Å². The lowest BCUT2D eigenvalue weighted by molar-refractivity contribution is 0.596. The molecule has 0 spiro atoms. The molecule has 0 heterocycles. The van der Waals surface area contributed by atoms with E-state index in [0.29, 0.717) is 9.79 Å². The molecule has 0 unspecified atom stereocenters. The highest BCUT2D eigenvalue weighted by Gasteiger charge is 2.18. The van der Waals surface area contributed by atoms with Crippen molar-refractivity contribution in [1.82, 2.24) is 0 Å². The summed E-state index contributed by atoms with van der Waals surface area (Å²) in [7, 11) is -3.61. The van der Waals surface area contributed by atoms with Crippen LogP contribution in [-0.4, -0.2) is 8.42 Å². The van der Waals surface area contributed by atoms with Crippen molar-refractivity contribution in [2.45, 2.75) is 49.0 Å². The normalized spacial score (nSPS) is 11.3. The van der Waals surface area contributed by atoms with Crippen LogP contribution in [0.25, 0.3) is 0 Å². The lowest BCUT2D eigenvalue weighted by atomic mass is 10.3. The molecule has 0 N–H and O–H groups in total. The summed E-state index contributed by atoms with van der Waals surface area (Å²) in [6, 6.07) is 51.7. The summed E-state index contributed by atoms with van der Waals surface area (Å²) in [5, 5.41) is 0. The van der Waals surface area contributed by atoms with Gasteiger partial charge in [0.2, 0.25) is 9.84 Å². The molecule has 0 amide bonds. The van der Waals surface area contributed by atoms with Crippen LogP contribution in [0.5, 0.6) is 0 Å². The first kappa shape index (κ1) is 29.7. The Bertz CT molecular complexity index is 1740. The Hall–Kier alpha value is -3.33. The Morgan fingerprint density at radius 2 is 0.488 bits per heavy atom. The van der Waals surface area contributed by atoms with Gasteiger partial charge in [0.05, 0.1) is 9.79 Å². The van der Waals surface area contributed by atoms with E-state index in [0.717, 1.165) is 19.6 Å². The lowest BCUT2D eigenvalue weighted by Crippen LogP contribution is -2.01. The van der Waals surface area contributed by atoms with Crippen LogP contribution in [0.15, 0.2) is 207 Å². The smallest absolute Gasteiger partial charge is 0.206 e. The maximum Gasteiger partial charge on any atom is 0.206 e. The molecule has 0 aliphatic heterocycles. The number of hydrogen-bond donors (Lipinski definition) is 0. The maximum atomic E-state index is 13.3. The third kappa shape index (κ3) is 7.99. The van der Waals surface area contributed by atoms with Crippen molar-refractivity contribution in [2.24, 2.45) is 0 Å². The van der Waals surface area contributed by atoms with Gasteiger partial charge < -0.3 is 0 Å². The van der Waals surface area contributed by atoms with Crippen LogP contribution >= 0.6 is 47.0 Å². The minimum absolute atomic E-state index is 0.290. The number of hydrogen-bond acceptors (Lipinski definition) is 6. The van der Waals surface area contributed by atoms with Crippen LogP contribution in [0, 0.1) is 0 Å². The molecule has 6 aromatic carbocycles. The molecule has 0 fully saturated rings. The summed E-state index contributed by atoms with van der Waals surface area (Å²) in [5.74, 6) is 0. The van der Waals surface area contributed by atoms with Gasteiger partial charge in [0, 0.05) is 39.2 Å². The highest BCUT2D eigenvalue weighted by atomic mass is 32.2. The van der Waals surface area contributed by atoms with Crippen LogP contribution < -0.4 is 0 Å². The van der Waals surface area contributed by atoms with Crippen LogP contribution in [-0.2, 0) is 9.84 Å². The molecule has 0 bridgehead atoms. The van der Waals surface area contributed by atoms with E-state index < -0.39 is 9.84 Å². The van der Waals surface area contributed by atoms with Gasteiger partial charge in [-0.3, -0.25) is 0 Å². The average molecular weight is 651 g/mol. The predicted molar refractivity (Wildman–Crippen MR) is 181 cm³/mol. The van der Waals surface area contributed by atoms with Crippen LogP contribution in [0.1, 0.15) is 0 Å². The first-order chi connectivity index (χ1) is 21.0. The molecule has 6 aromatic rings. The van der Waals surface area contributed by atoms with Crippen LogP contribution in [0.2, 0.25) is 0 Å². The molecular formula is C36H26O2S5. The Morgan fingerprint density at radius 3 is 0.744 bits per heavy atom. The van der Waals surface area contributed by atoms with Gasteiger partial charge in [-0.15, -0.1) is 0 Å². The van der Waals surface area contributed by atoms with Gasteiger partial charge in [-0.05, 0) is 121 Å². The van der Waals surface area contributed by atoms with E-state index in [1.165, 1.54) is 19.6 Å². The number of benzene rings is 6. The van der Waals surface area contributed by atoms with E-state index in [1.807, 2.05) is 60.7 Å². The van der Waals surface area contributed by atoms with Gasteiger partial charge >= 0.3 is 0 Å². The first-order valence-corrected chi connectivity index (χ1v) is 18.2. The van der Waals surface area contributed by atoms with Gasteiger partial charge in [0.1, 0.15) is 0 Å². The summed E-state index contributed by atoms with van der Waals surface area (Å²) in [4.78, 5) is 9.53. The quantitative estimate of drug-likeness (QED) is 0.147. The first-order valence-electron chi connectivity index (χ1n) is 13.5. The molecule has 0 aliphatic carbocycles. The molecule has 0 aromatic heterocycles. The fourth-order valence-corrected chi connectivity index (χ4v) is 8.75. The SMILES string of the molecule is O=S(=O)(c1ccc(Sc2ccc(Sc3ccccc3)cc2)cc1)c1ccc(Sc2ccc(Sc3ccccc3)cc2)cc1. The summed E-state index contributed by atoms with van der Waals surface area (Å²) < 4.78 is 26.7. The van der Waals surface area contributed by atoms with E-state index in [9.17, 15) is 8.42 Å². The zero-order valence-electron chi connectivity index (χ0n) is 22.9. The fraction of sp³-hybridized carbons (Fsp3) is 0. The zero-order chi connectivity index (χ0) is 29.5. The van der Waals surface area contributed by atoms with Crippen LogP contribution in [0.4, 0.5) is 0 Å². The number of rotatable bonds is 10. The van der Waals surface area contributed by atoms with Gasteiger partial charge in [-0.2, -0.15) is 0 Å². The molecule has 0 aliphatic rings. The molecule has 43 heavy (non-hydrogen) atoms.